The number of hydrogen-bond acceptors (Lipinski definition) is 14. The zero-order chi connectivity index (χ0) is 61.2. The number of likely N-dealkylation sites (tertiary alicyclic amines) is 1. The molecule has 454 valence electrons. The molecule has 3 fully saturated rings. The average molecular weight is 1200 g/mol. The topological polar surface area (TPSA) is 373 Å². The molecule has 9 amide bonds. The van der Waals surface area contributed by atoms with E-state index in [1.165, 1.54) is 45.9 Å². The van der Waals surface area contributed by atoms with E-state index in [9.17, 15) is 67.4 Å². The maximum absolute atomic E-state index is 14.5. The number of amides is 9. The number of benzene rings is 2. The molecule has 0 radical (unpaired) electrons. The fourth-order valence-electron chi connectivity index (χ4n) is 10.9. The van der Waals surface area contributed by atoms with Crippen molar-refractivity contribution in [1.29, 1.82) is 0 Å². The fraction of sp³-hybridized carbons (Fsp3) is 0.526. The maximum atomic E-state index is 14.5. The second kappa shape index (κ2) is 28.0. The Bertz CT molecular complexity index is 3170. The first-order valence-electron chi connectivity index (χ1n) is 28.2. The van der Waals surface area contributed by atoms with Crippen LogP contribution in [0, 0.1) is 12.3 Å². The van der Waals surface area contributed by atoms with Gasteiger partial charge in [0.2, 0.25) is 47.3 Å². The van der Waals surface area contributed by atoms with E-state index in [4.69, 9.17) is 5.73 Å². The van der Waals surface area contributed by atoms with Crippen molar-refractivity contribution in [3.63, 3.8) is 0 Å². The lowest BCUT2D eigenvalue weighted by Gasteiger charge is -2.38. The van der Waals surface area contributed by atoms with Crippen LogP contribution in [0.5, 0.6) is 0 Å². The number of rotatable bonds is 24. The first-order valence-corrected chi connectivity index (χ1v) is 30.7. The Morgan fingerprint density at radius 2 is 1.58 bits per heavy atom. The number of aromatic nitrogens is 2. The number of aliphatic hydroxyl groups excluding tert-OH is 1. The van der Waals surface area contributed by atoms with Crippen molar-refractivity contribution >= 4 is 88.5 Å². The third-order valence-corrected chi connectivity index (χ3v) is 17.3. The summed E-state index contributed by atoms with van der Waals surface area (Å²) < 4.78 is 11.6. The lowest BCUT2D eigenvalue weighted by Crippen LogP contribution is -2.61. The Hall–Kier alpha value is -7.38. The van der Waals surface area contributed by atoms with Crippen LogP contribution in [-0.2, 0) is 49.5 Å². The van der Waals surface area contributed by atoms with Gasteiger partial charge in [0.05, 0.1) is 22.2 Å². The van der Waals surface area contributed by atoms with E-state index in [0.717, 1.165) is 21.7 Å². The number of thiazole rings is 1. The molecule has 0 bridgehead atoms. The van der Waals surface area contributed by atoms with Gasteiger partial charge in [-0.1, -0.05) is 64.3 Å². The van der Waals surface area contributed by atoms with E-state index in [0.29, 0.717) is 50.5 Å². The number of carbonyl (C=O) groups is 10. The van der Waals surface area contributed by atoms with E-state index in [1.54, 1.807) is 16.8 Å². The molecule has 7 rings (SSSR count). The number of aromatic amines is 1. The van der Waals surface area contributed by atoms with Crippen LogP contribution in [0.4, 0.5) is 0 Å². The van der Waals surface area contributed by atoms with Gasteiger partial charge in [-0.3, -0.25) is 52.5 Å². The largest absolute Gasteiger partial charge is 0.396 e. The number of unbranched alkanes of at least 4 members (excludes halogenated alkanes) is 4. The number of nitrogens with two attached hydrogens (primary N) is 1. The summed E-state index contributed by atoms with van der Waals surface area (Å²) in [5.41, 5.74) is 7.93. The third-order valence-electron chi connectivity index (χ3n) is 15.5. The standard InChI is InChI=1S/C57H76N11O14PS/c1-32-48(84-31-61-32)35-14-12-34(13-15-35)28-60-52(75)45-27-39(70)29-67(45)55(78)49(57(3,4)5)65-47(72)11-9-7-6-8-10-23-59-50(73)41(19-21-46(58)71)63-53(76)44-20-17-38-22-24-66(33(2)69)30-43(54(77)68(38)44)64-51(74)42-26-37-25-36(16-18-40(37)62-42)56(79)83(80,81)82/h12-16,18,25-26,31,38-39,41,43-45,49,62,70H,6-11,17,19-24,27-30H2,1-5H3,(H2,58,71)(H,59,73)(H,60,75)(H,63,76)(H,64,74)(H,65,72)(H2,80,81,82)/t38-,39-,41+,43+,44+,45?,49-/m1/s1. The van der Waals surface area contributed by atoms with Gasteiger partial charge in [0.25, 0.3) is 11.4 Å². The summed E-state index contributed by atoms with van der Waals surface area (Å²) in [7, 11) is -5.09. The number of aryl methyl sites for hydroxylation is 1. The highest BCUT2D eigenvalue weighted by Gasteiger charge is 2.47. The lowest BCUT2D eigenvalue weighted by molar-refractivity contribution is -0.145. The van der Waals surface area contributed by atoms with Gasteiger partial charge in [-0.25, -0.2) is 4.98 Å². The molecule has 25 nitrogen and oxygen atoms in total. The Labute approximate surface area is 490 Å². The molecule has 0 saturated carbocycles. The second-order valence-corrected chi connectivity index (χ2v) is 25.3. The van der Waals surface area contributed by atoms with E-state index in [1.807, 2.05) is 52.0 Å². The molecule has 3 aliphatic heterocycles. The van der Waals surface area contributed by atoms with Gasteiger partial charge in [0.1, 0.15) is 35.9 Å². The zero-order valence-corrected chi connectivity index (χ0v) is 49.5. The molecular formula is C57H76N11O14PS. The molecule has 0 spiro atoms. The monoisotopic (exact) mass is 1200 g/mol. The number of aliphatic hydroxyl groups is 1. The van der Waals surface area contributed by atoms with E-state index in [2.05, 4.69) is 36.6 Å². The molecule has 11 N–H and O–H groups in total. The van der Waals surface area contributed by atoms with Gasteiger partial charge >= 0.3 is 7.60 Å². The number of hydrogen-bond donors (Lipinski definition) is 10. The Balaban J connectivity index is 0.867. The van der Waals surface area contributed by atoms with Gasteiger partial charge in [-0.05, 0) is 86.3 Å². The summed E-state index contributed by atoms with van der Waals surface area (Å²) in [6, 6.07) is 6.83. The summed E-state index contributed by atoms with van der Waals surface area (Å²) in [4.78, 5) is 165. The number of carbonyl (C=O) groups excluding carboxylic acids is 10. The van der Waals surface area contributed by atoms with Crippen LogP contribution in [0.25, 0.3) is 21.3 Å². The normalized spacial score (nSPS) is 19.8. The smallest absolute Gasteiger partial charge is 0.391 e. The van der Waals surface area contributed by atoms with E-state index < -0.39 is 102 Å². The SMILES string of the molecule is CC(=O)N1CC[C@H]2CC[C@@H](C(=O)N[C@@H](CCC(N)=O)C(=O)NCCCCCCCC(=O)N[C@H](C(=O)N3C[C@H](O)CC3C(=O)NCc3ccc(-c4scnc4C)cc3)C(C)(C)C)N2C(=O)[C@@H](NC(=O)c2cc3cc(C(=O)P(=O)(O)O)ccc3[nH]2)C1. The van der Waals surface area contributed by atoms with Gasteiger partial charge in [0.15, 0.2) is 0 Å². The predicted molar refractivity (Wildman–Crippen MR) is 309 cm³/mol. The predicted octanol–water partition coefficient (Wildman–Crippen LogP) is 2.64. The molecule has 27 heteroatoms. The molecule has 2 aromatic heterocycles. The summed E-state index contributed by atoms with van der Waals surface area (Å²) in [6.45, 7) is 9.09. The molecule has 1 unspecified atom stereocenters. The highest BCUT2D eigenvalue weighted by molar-refractivity contribution is 7.70. The Morgan fingerprint density at radius 1 is 0.869 bits per heavy atom. The van der Waals surface area contributed by atoms with Crippen LogP contribution in [-0.4, -0.2) is 167 Å². The number of fused-ring (bicyclic) bond motifs is 2. The van der Waals surface area contributed by atoms with Gasteiger partial charge in [-0.15, -0.1) is 11.3 Å². The van der Waals surface area contributed by atoms with Crippen molar-refractivity contribution in [1.82, 2.24) is 51.3 Å². The number of H-pyrrole nitrogens is 1. The third kappa shape index (κ3) is 16.5. The van der Waals surface area contributed by atoms with Crippen molar-refractivity contribution in [2.75, 3.05) is 26.2 Å². The van der Waals surface area contributed by atoms with Crippen LogP contribution in [0.1, 0.15) is 137 Å². The molecule has 5 heterocycles. The van der Waals surface area contributed by atoms with Crippen LogP contribution in [0.2, 0.25) is 0 Å². The maximum Gasteiger partial charge on any atom is 0.396 e. The molecule has 2 aromatic carbocycles. The van der Waals surface area contributed by atoms with Gasteiger partial charge in [-0.2, -0.15) is 0 Å². The van der Waals surface area contributed by atoms with Crippen LogP contribution in [0.15, 0.2) is 54.0 Å². The van der Waals surface area contributed by atoms with Crippen LogP contribution >= 0.6 is 18.9 Å². The molecule has 84 heavy (non-hydrogen) atoms. The quantitative estimate of drug-likeness (QED) is 0.0356. The summed E-state index contributed by atoms with van der Waals surface area (Å²) in [5.74, 6) is -4.92. The second-order valence-electron chi connectivity index (χ2n) is 22.9. The van der Waals surface area contributed by atoms with Crippen LogP contribution in [0.3, 0.4) is 0 Å². The number of nitrogens with one attached hydrogen (secondary N) is 6. The molecule has 3 saturated heterocycles. The average Bonchev–Trinajstić information content (AvgIpc) is 3.86. The lowest BCUT2D eigenvalue weighted by atomic mass is 9.85. The van der Waals surface area contributed by atoms with E-state index >= 15 is 0 Å². The van der Waals surface area contributed by atoms with Crippen molar-refractivity contribution in [2.45, 2.75) is 161 Å². The van der Waals surface area contributed by atoms with Gasteiger partial charge < -0.3 is 66.9 Å². The van der Waals surface area contributed by atoms with Crippen molar-refractivity contribution in [3.05, 3.63) is 76.6 Å². The molecule has 7 atom stereocenters. The van der Waals surface area contributed by atoms with Gasteiger partial charge in [0, 0.05) is 81.4 Å². The van der Waals surface area contributed by atoms with Crippen molar-refractivity contribution in [3.8, 4) is 10.4 Å². The summed E-state index contributed by atoms with van der Waals surface area (Å²) in [6.07, 6.45) is 2.88. The molecular weight excluding hydrogens is 1130 g/mol. The minimum atomic E-state index is -5.09. The highest BCUT2D eigenvalue weighted by Crippen LogP contribution is 2.40. The molecule has 4 aromatic rings. The molecule has 0 aliphatic carbocycles. The van der Waals surface area contributed by atoms with E-state index in [-0.39, 0.29) is 93.3 Å². The zero-order valence-electron chi connectivity index (χ0n) is 47.8. The number of primary amides is 1. The van der Waals surface area contributed by atoms with Crippen molar-refractivity contribution < 1.29 is 67.4 Å². The minimum Gasteiger partial charge on any atom is -0.391 e. The first-order chi connectivity index (χ1) is 39.7. The minimum absolute atomic E-state index is 0.0518. The highest BCUT2D eigenvalue weighted by atomic mass is 32.1. The number of nitrogens with zero attached hydrogens (tertiary/aromatic N) is 4. The Morgan fingerprint density at radius 3 is 2.25 bits per heavy atom. The van der Waals surface area contributed by atoms with Crippen LogP contribution < -0.4 is 32.3 Å². The summed E-state index contributed by atoms with van der Waals surface area (Å²) >= 11 is 1.55. The summed E-state index contributed by atoms with van der Waals surface area (Å²) in [5, 5.41) is 24.9. The first kappa shape index (κ1) is 64.2. The number of β-amino-alcohol motifs (C(OH)–C–C–N with tert-alkyl or cyclic N) is 1. The van der Waals surface area contributed by atoms with Crippen molar-refractivity contribution in [2.24, 2.45) is 11.1 Å². The fourth-order valence-corrected chi connectivity index (χ4v) is 12.2. The molecule has 3 aliphatic rings. The Kier molecular flexibility index (Phi) is 21.4.